The average Bonchev–Trinajstić information content (AvgIpc) is 2.70. The maximum absolute atomic E-state index is 8.83. The van der Waals surface area contributed by atoms with Gasteiger partial charge in [-0.2, -0.15) is 0 Å². The first-order valence-corrected chi connectivity index (χ1v) is 6.68. The maximum Gasteiger partial charge on any atom is 0.138 e. The van der Waals surface area contributed by atoms with Crippen LogP contribution in [-0.2, 0) is 6.54 Å². The highest BCUT2D eigenvalue weighted by Gasteiger charge is 2.19. The summed E-state index contributed by atoms with van der Waals surface area (Å²) in [4.78, 5) is 4.86. The largest absolute Gasteiger partial charge is 0.396 e. The Balaban J connectivity index is 1.80. The highest BCUT2D eigenvalue weighted by atomic mass is 16.5. The summed E-state index contributed by atoms with van der Waals surface area (Å²) >= 11 is 0. The van der Waals surface area contributed by atoms with Crippen LogP contribution in [0.2, 0.25) is 0 Å². The Morgan fingerprint density at radius 2 is 1.83 bits per heavy atom. The Morgan fingerprint density at radius 1 is 1.17 bits per heavy atom. The third-order valence-corrected chi connectivity index (χ3v) is 3.66. The molecule has 0 spiro atoms. The summed E-state index contributed by atoms with van der Waals surface area (Å²) in [7, 11) is 0. The third kappa shape index (κ3) is 3.31. The molecule has 1 aliphatic heterocycles. The molecular formula is C13H23N3O2. The number of hydrogen-bond acceptors (Lipinski definition) is 5. The van der Waals surface area contributed by atoms with Crippen LogP contribution in [0.1, 0.15) is 23.4 Å². The second-order valence-corrected chi connectivity index (χ2v) is 5.00. The van der Waals surface area contributed by atoms with Gasteiger partial charge in [-0.3, -0.25) is 4.90 Å². The molecule has 0 aromatic carbocycles. The van der Waals surface area contributed by atoms with E-state index in [0.29, 0.717) is 6.61 Å². The summed E-state index contributed by atoms with van der Waals surface area (Å²) in [6, 6.07) is 0. The molecule has 0 amide bonds. The molecule has 102 valence electrons. The van der Waals surface area contributed by atoms with Crippen molar-refractivity contribution in [3.8, 4) is 0 Å². The number of rotatable bonds is 5. The number of aryl methyl sites for hydroxylation is 2. The van der Waals surface area contributed by atoms with Crippen molar-refractivity contribution in [2.75, 3.05) is 39.3 Å². The summed E-state index contributed by atoms with van der Waals surface area (Å²) in [5.41, 5.74) is 2.24. The number of aliphatic hydroxyl groups is 1. The highest BCUT2D eigenvalue weighted by molar-refractivity contribution is 5.20. The van der Waals surface area contributed by atoms with Crippen LogP contribution in [0.25, 0.3) is 0 Å². The van der Waals surface area contributed by atoms with E-state index >= 15 is 0 Å². The summed E-state index contributed by atoms with van der Waals surface area (Å²) < 4.78 is 5.20. The van der Waals surface area contributed by atoms with Gasteiger partial charge in [-0.25, -0.2) is 0 Å². The van der Waals surface area contributed by atoms with Crippen LogP contribution in [0.4, 0.5) is 0 Å². The van der Waals surface area contributed by atoms with Crippen LogP contribution in [0.15, 0.2) is 4.52 Å². The molecule has 1 aromatic rings. The molecule has 1 saturated heterocycles. The Bertz CT molecular complexity index is 351. The number of nitrogens with zero attached hydrogens (tertiary/aromatic N) is 3. The molecular weight excluding hydrogens is 230 g/mol. The molecule has 0 bridgehead atoms. The number of hydrogen-bond donors (Lipinski definition) is 1. The van der Waals surface area contributed by atoms with E-state index in [1.54, 1.807) is 0 Å². The first kappa shape index (κ1) is 13.5. The second kappa shape index (κ2) is 6.31. The second-order valence-electron chi connectivity index (χ2n) is 5.00. The Hall–Kier alpha value is -0.910. The Labute approximate surface area is 108 Å². The van der Waals surface area contributed by atoms with Crippen molar-refractivity contribution in [2.45, 2.75) is 26.8 Å². The Kier molecular flexibility index (Phi) is 4.74. The molecule has 1 fully saturated rings. The van der Waals surface area contributed by atoms with Crippen LogP contribution in [0.5, 0.6) is 0 Å². The van der Waals surface area contributed by atoms with Crippen molar-refractivity contribution in [1.29, 1.82) is 0 Å². The van der Waals surface area contributed by atoms with Gasteiger partial charge in [-0.15, -0.1) is 0 Å². The van der Waals surface area contributed by atoms with Crippen LogP contribution in [0.3, 0.4) is 0 Å². The summed E-state index contributed by atoms with van der Waals surface area (Å²) in [6.45, 7) is 10.6. The number of aromatic nitrogens is 1. The van der Waals surface area contributed by atoms with Gasteiger partial charge in [0.25, 0.3) is 0 Å². The third-order valence-electron chi connectivity index (χ3n) is 3.66. The van der Waals surface area contributed by atoms with Gasteiger partial charge in [0, 0.05) is 51.4 Å². The van der Waals surface area contributed by atoms with E-state index in [0.717, 1.165) is 57.1 Å². The van der Waals surface area contributed by atoms with Gasteiger partial charge in [0.1, 0.15) is 5.76 Å². The van der Waals surface area contributed by atoms with Crippen molar-refractivity contribution < 1.29 is 9.63 Å². The Morgan fingerprint density at radius 3 is 2.39 bits per heavy atom. The number of piperazine rings is 1. The SMILES string of the molecule is Cc1noc(C)c1CN1CCN(CCCO)CC1. The van der Waals surface area contributed by atoms with Gasteiger partial charge in [0.15, 0.2) is 0 Å². The quantitative estimate of drug-likeness (QED) is 0.841. The van der Waals surface area contributed by atoms with Gasteiger partial charge in [-0.1, -0.05) is 5.16 Å². The lowest BCUT2D eigenvalue weighted by Crippen LogP contribution is -2.46. The zero-order valence-corrected chi connectivity index (χ0v) is 11.4. The van der Waals surface area contributed by atoms with E-state index in [1.807, 2.05) is 13.8 Å². The van der Waals surface area contributed by atoms with Gasteiger partial charge < -0.3 is 14.5 Å². The lowest BCUT2D eigenvalue weighted by molar-refractivity contribution is 0.119. The zero-order valence-electron chi connectivity index (χ0n) is 11.4. The van der Waals surface area contributed by atoms with Crippen molar-refractivity contribution in [1.82, 2.24) is 15.0 Å². The predicted molar refractivity (Wildman–Crippen MR) is 69.4 cm³/mol. The fraction of sp³-hybridized carbons (Fsp3) is 0.769. The van der Waals surface area contributed by atoms with Crippen molar-refractivity contribution in [3.05, 3.63) is 17.0 Å². The fourth-order valence-electron chi connectivity index (χ4n) is 2.42. The molecule has 0 atom stereocenters. The maximum atomic E-state index is 8.83. The van der Waals surface area contributed by atoms with E-state index in [4.69, 9.17) is 9.63 Å². The predicted octanol–water partition coefficient (Wildman–Crippen LogP) is 0.791. The van der Waals surface area contributed by atoms with Crippen molar-refractivity contribution in [3.63, 3.8) is 0 Å². The summed E-state index contributed by atoms with van der Waals surface area (Å²) in [5.74, 6) is 0.940. The molecule has 1 N–H and O–H groups in total. The minimum Gasteiger partial charge on any atom is -0.396 e. The minimum atomic E-state index is 0.291. The van der Waals surface area contributed by atoms with Gasteiger partial charge in [-0.05, 0) is 20.3 Å². The molecule has 0 radical (unpaired) electrons. The lowest BCUT2D eigenvalue weighted by atomic mass is 10.2. The lowest BCUT2D eigenvalue weighted by Gasteiger charge is -2.34. The monoisotopic (exact) mass is 253 g/mol. The van der Waals surface area contributed by atoms with Crippen LogP contribution < -0.4 is 0 Å². The van der Waals surface area contributed by atoms with Crippen LogP contribution in [-0.4, -0.2) is 59.4 Å². The van der Waals surface area contributed by atoms with Crippen molar-refractivity contribution in [2.24, 2.45) is 0 Å². The molecule has 0 saturated carbocycles. The van der Waals surface area contributed by atoms with E-state index in [1.165, 1.54) is 5.56 Å². The van der Waals surface area contributed by atoms with Gasteiger partial charge >= 0.3 is 0 Å². The summed E-state index contributed by atoms with van der Waals surface area (Å²) in [5, 5.41) is 12.8. The normalized spacial score (nSPS) is 18.4. The number of aliphatic hydroxyl groups excluding tert-OH is 1. The first-order valence-electron chi connectivity index (χ1n) is 6.68. The molecule has 0 unspecified atom stereocenters. The topological polar surface area (TPSA) is 52.7 Å². The average molecular weight is 253 g/mol. The molecule has 18 heavy (non-hydrogen) atoms. The summed E-state index contributed by atoms with van der Waals surface area (Å²) in [6.07, 6.45) is 0.879. The molecule has 2 rings (SSSR count). The van der Waals surface area contributed by atoms with Gasteiger partial charge in [0.2, 0.25) is 0 Å². The van der Waals surface area contributed by atoms with Crippen molar-refractivity contribution >= 4 is 0 Å². The molecule has 1 aliphatic rings. The standard InChI is InChI=1S/C13H23N3O2/c1-11-13(12(2)18-14-11)10-16-7-5-15(6-8-16)4-3-9-17/h17H,3-10H2,1-2H3. The van der Waals surface area contributed by atoms with Gasteiger partial charge in [0.05, 0.1) is 5.69 Å². The van der Waals surface area contributed by atoms with E-state index < -0.39 is 0 Å². The van der Waals surface area contributed by atoms with Crippen LogP contribution >= 0.6 is 0 Å². The highest BCUT2D eigenvalue weighted by Crippen LogP contribution is 2.16. The van der Waals surface area contributed by atoms with Crippen LogP contribution in [0, 0.1) is 13.8 Å². The smallest absolute Gasteiger partial charge is 0.138 e. The molecule has 5 nitrogen and oxygen atoms in total. The van der Waals surface area contributed by atoms with E-state index in [-0.39, 0.29) is 0 Å². The first-order chi connectivity index (χ1) is 8.70. The zero-order chi connectivity index (χ0) is 13.0. The molecule has 1 aromatic heterocycles. The minimum absolute atomic E-state index is 0.291. The molecule has 5 heteroatoms. The van der Waals surface area contributed by atoms with E-state index in [9.17, 15) is 0 Å². The fourth-order valence-corrected chi connectivity index (χ4v) is 2.42. The molecule has 0 aliphatic carbocycles. The molecule has 2 heterocycles. The van der Waals surface area contributed by atoms with E-state index in [2.05, 4.69) is 15.0 Å².